The third-order valence-corrected chi connectivity index (χ3v) is 1.82. The Bertz CT molecular complexity index is 116. The number of nitrogens with one attached hydrogen (secondary N) is 1. The van der Waals surface area contributed by atoms with Gasteiger partial charge in [0.25, 0.3) is 0 Å². The van der Waals surface area contributed by atoms with Gasteiger partial charge in [0.05, 0.1) is 0 Å². The van der Waals surface area contributed by atoms with E-state index < -0.39 is 0 Å². The van der Waals surface area contributed by atoms with Crippen molar-refractivity contribution in [1.29, 1.82) is 0 Å². The van der Waals surface area contributed by atoms with E-state index in [9.17, 15) is 4.79 Å². The third-order valence-electron chi connectivity index (χ3n) is 1.82. The quantitative estimate of drug-likeness (QED) is 0.567. The summed E-state index contributed by atoms with van der Waals surface area (Å²) in [7, 11) is 0. The van der Waals surface area contributed by atoms with E-state index in [2.05, 4.69) is 12.2 Å². The topological polar surface area (TPSA) is 38.3 Å². The zero-order valence-corrected chi connectivity index (χ0v) is 6.09. The van der Waals surface area contributed by atoms with Gasteiger partial charge < -0.3 is 10.1 Å². The molecule has 0 aliphatic carbocycles. The summed E-state index contributed by atoms with van der Waals surface area (Å²) in [6.45, 7) is 2.82. The van der Waals surface area contributed by atoms with E-state index in [1.54, 1.807) is 6.41 Å². The molecule has 1 heterocycles. The van der Waals surface area contributed by atoms with Crippen molar-refractivity contribution in [2.24, 2.45) is 5.92 Å². The van der Waals surface area contributed by atoms with Crippen LogP contribution in [0.2, 0.25) is 0 Å². The Hall–Kier alpha value is -0.570. The Balaban J connectivity index is 2.32. The van der Waals surface area contributed by atoms with Crippen molar-refractivity contribution in [2.45, 2.75) is 26.0 Å². The fourth-order valence-corrected chi connectivity index (χ4v) is 1.17. The van der Waals surface area contributed by atoms with Crippen LogP contribution in [0.15, 0.2) is 0 Å². The first-order valence-corrected chi connectivity index (χ1v) is 3.59. The summed E-state index contributed by atoms with van der Waals surface area (Å²) in [5.74, 6) is 0.426. The lowest BCUT2D eigenvalue weighted by molar-refractivity contribution is -0.0291. The second kappa shape index (κ2) is 3.56. The van der Waals surface area contributed by atoms with E-state index in [1.807, 2.05) is 0 Å². The van der Waals surface area contributed by atoms with Gasteiger partial charge in [-0.15, -0.1) is 0 Å². The van der Waals surface area contributed by atoms with Crippen LogP contribution in [0, 0.1) is 5.92 Å². The molecule has 0 saturated carbocycles. The first-order chi connectivity index (χ1) is 4.84. The predicted molar refractivity (Wildman–Crippen MR) is 37.0 cm³/mol. The smallest absolute Gasteiger partial charge is 0.311 e. The van der Waals surface area contributed by atoms with Crippen LogP contribution in [0.4, 0.5) is 0 Å². The normalized spacial score (nSPS) is 33.3. The van der Waals surface area contributed by atoms with E-state index in [1.165, 1.54) is 0 Å². The van der Waals surface area contributed by atoms with Crippen LogP contribution in [0.25, 0.3) is 0 Å². The number of amides is 1. The lowest BCUT2D eigenvalue weighted by Crippen LogP contribution is -2.39. The van der Waals surface area contributed by atoms with Crippen LogP contribution in [0.3, 0.4) is 0 Å². The molecule has 3 nitrogen and oxygen atoms in total. The summed E-state index contributed by atoms with van der Waals surface area (Å²) in [4.78, 5) is 9.90. The third kappa shape index (κ3) is 1.70. The molecular weight excluding hydrogens is 130 g/mol. The number of carbonyl (C=O) groups excluding carboxylic acids is 1. The lowest BCUT2D eigenvalue weighted by Gasteiger charge is -2.27. The highest BCUT2D eigenvalue weighted by molar-refractivity contribution is 5.47. The van der Waals surface area contributed by atoms with Gasteiger partial charge in [-0.1, -0.05) is 6.92 Å². The summed E-state index contributed by atoms with van der Waals surface area (Å²) in [6.07, 6.45) is 3.76. The molecule has 1 radical (unpaired) electrons. The van der Waals surface area contributed by atoms with Crippen molar-refractivity contribution in [3.63, 3.8) is 0 Å². The molecule has 1 N–H and O–H groups in total. The molecule has 0 aromatic rings. The fraction of sp³-hybridized carbons (Fsp3) is 0.857. The maximum Gasteiger partial charge on any atom is 0.311 e. The van der Waals surface area contributed by atoms with Gasteiger partial charge >= 0.3 is 6.41 Å². The van der Waals surface area contributed by atoms with Gasteiger partial charge in [-0.05, 0) is 12.8 Å². The van der Waals surface area contributed by atoms with Crippen molar-refractivity contribution in [3.8, 4) is 0 Å². The molecule has 0 aromatic heterocycles. The zero-order valence-electron chi connectivity index (χ0n) is 6.09. The minimum atomic E-state index is -0.105. The molecule has 0 bridgehead atoms. The summed E-state index contributed by atoms with van der Waals surface area (Å²) >= 11 is 0. The van der Waals surface area contributed by atoms with Gasteiger partial charge in [0, 0.05) is 12.5 Å². The molecule has 1 amide bonds. The van der Waals surface area contributed by atoms with Crippen molar-refractivity contribution in [3.05, 3.63) is 0 Å². The van der Waals surface area contributed by atoms with Gasteiger partial charge in [-0.2, -0.15) is 0 Å². The van der Waals surface area contributed by atoms with Crippen LogP contribution in [-0.4, -0.2) is 19.2 Å². The monoisotopic (exact) mass is 142 g/mol. The first-order valence-electron chi connectivity index (χ1n) is 3.59. The molecule has 1 rings (SSSR count). The van der Waals surface area contributed by atoms with E-state index in [4.69, 9.17) is 4.74 Å². The average Bonchev–Trinajstić information content (AvgIpc) is 1.94. The maximum absolute atomic E-state index is 9.90. The van der Waals surface area contributed by atoms with Crippen molar-refractivity contribution < 1.29 is 9.53 Å². The molecule has 2 unspecified atom stereocenters. The van der Waals surface area contributed by atoms with E-state index in [0.717, 1.165) is 19.4 Å². The zero-order chi connectivity index (χ0) is 7.40. The molecular formula is C7H12NO2. The Morgan fingerprint density at radius 1 is 1.70 bits per heavy atom. The highest BCUT2D eigenvalue weighted by Gasteiger charge is 2.20. The molecule has 1 saturated heterocycles. The second-order valence-corrected chi connectivity index (χ2v) is 2.66. The summed E-state index contributed by atoms with van der Waals surface area (Å²) in [5.41, 5.74) is 0. The van der Waals surface area contributed by atoms with E-state index in [-0.39, 0.29) is 6.23 Å². The summed E-state index contributed by atoms with van der Waals surface area (Å²) in [6, 6.07) is 0. The predicted octanol–water partition coefficient (Wildman–Crippen LogP) is 0.416. The molecule has 2 atom stereocenters. The Morgan fingerprint density at radius 2 is 2.50 bits per heavy atom. The van der Waals surface area contributed by atoms with Gasteiger partial charge in [-0.25, -0.2) is 0 Å². The van der Waals surface area contributed by atoms with E-state index in [0.29, 0.717) is 5.92 Å². The Labute approximate surface area is 60.7 Å². The largest absolute Gasteiger partial charge is 0.358 e. The molecule has 1 aliphatic rings. The highest BCUT2D eigenvalue weighted by atomic mass is 16.5. The Kier molecular flexibility index (Phi) is 2.68. The fourth-order valence-electron chi connectivity index (χ4n) is 1.17. The molecule has 0 aromatic carbocycles. The van der Waals surface area contributed by atoms with Crippen LogP contribution in [-0.2, 0) is 9.53 Å². The van der Waals surface area contributed by atoms with Gasteiger partial charge in [0.1, 0.15) is 6.23 Å². The average molecular weight is 142 g/mol. The van der Waals surface area contributed by atoms with Crippen LogP contribution >= 0.6 is 0 Å². The number of ether oxygens (including phenoxy) is 1. The van der Waals surface area contributed by atoms with Crippen LogP contribution in [0.1, 0.15) is 19.8 Å². The standard InChI is InChI=1S/C7H12NO2/c1-6-3-2-4-10-7(6)8-5-9/h6-7H,2-4H2,1H3,(H,8,9). The molecule has 1 aliphatic heterocycles. The highest BCUT2D eigenvalue weighted by Crippen LogP contribution is 2.17. The number of hydrogen-bond acceptors (Lipinski definition) is 2. The maximum atomic E-state index is 9.90. The van der Waals surface area contributed by atoms with Gasteiger partial charge in [0.2, 0.25) is 0 Å². The number of hydrogen-bond donors (Lipinski definition) is 1. The lowest BCUT2D eigenvalue weighted by atomic mass is 10.0. The SMILES string of the molecule is CC1CCCOC1N[C]=O. The van der Waals surface area contributed by atoms with E-state index >= 15 is 0 Å². The van der Waals surface area contributed by atoms with Crippen LogP contribution in [0.5, 0.6) is 0 Å². The molecule has 3 heteroatoms. The Morgan fingerprint density at radius 3 is 3.10 bits per heavy atom. The minimum Gasteiger partial charge on any atom is -0.358 e. The van der Waals surface area contributed by atoms with Gasteiger partial charge in [-0.3, -0.25) is 4.79 Å². The van der Waals surface area contributed by atoms with Crippen molar-refractivity contribution in [1.82, 2.24) is 5.32 Å². The molecule has 0 spiro atoms. The van der Waals surface area contributed by atoms with Gasteiger partial charge in [0.15, 0.2) is 0 Å². The van der Waals surface area contributed by atoms with Crippen molar-refractivity contribution in [2.75, 3.05) is 6.61 Å². The van der Waals surface area contributed by atoms with Crippen LogP contribution < -0.4 is 5.32 Å². The molecule has 1 fully saturated rings. The number of rotatable bonds is 2. The molecule has 10 heavy (non-hydrogen) atoms. The molecule has 57 valence electrons. The summed E-state index contributed by atoms with van der Waals surface area (Å²) < 4.78 is 5.26. The minimum absolute atomic E-state index is 0.105. The van der Waals surface area contributed by atoms with Crippen molar-refractivity contribution >= 4 is 6.41 Å². The summed E-state index contributed by atoms with van der Waals surface area (Å²) in [5, 5.41) is 2.51. The second-order valence-electron chi connectivity index (χ2n) is 2.66. The first kappa shape index (κ1) is 7.54.